The molecule has 0 saturated carbocycles. The molecule has 1 saturated heterocycles. The molecule has 0 radical (unpaired) electrons. The summed E-state index contributed by atoms with van der Waals surface area (Å²) in [6, 6.07) is 5.36. The van der Waals surface area contributed by atoms with E-state index in [4.69, 9.17) is 5.73 Å². The third-order valence-corrected chi connectivity index (χ3v) is 4.01. The Balaban J connectivity index is 2.28. The third-order valence-electron chi connectivity index (χ3n) is 4.01. The molecule has 1 fully saturated rings. The summed E-state index contributed by atoms with van der Waals surface area (Å²) < 4.78 is 14.0. The molecule has 2 rings (SSSR count). The van der Waals surface area contributed by atoms with Crippen LogP contribution < -0.4 is 10.6 Å². The summed E-state index contributed by atoms with van der Waals surface area (Å²) in [7, 11) is 4.18. The van der Waals surface area contributed by atoms with Crippen LogP contribution >= 0.6 is 0 Å². The highest BCUT2D eigenvalue weighted by molar-refractivity contribution is 5.55. The molecule has 0 bridgehead atoms. The van der Waals surface area contributed by atoms with E-state index in [1.54, 1.807) is 6.07 Å². The second-order valence-corrected chi connectivity index (χ2v) is 5.63. The molecular weight excluding hydrogens is 241 g/mol. The van der Waals surface area contributed by atoms with E-state index in [2.05, 4.69) is 16.8 Å². The zero-order chi connectivity index (χ0) is 14.0. The standard InChI is InChI=1S/C15H24FN3/c1-11(17)15-13(16)7-4-8-14(15)19(3)12-6-5-9-18(2)10-12/h4,7-8,11-12H,5-6,9-10,17H2,1-3H3/t11-,12?/m1/s1. The van der Waals surface area contributed by atoms with Crippen molar-refractivity contribution in [2.24, 2.45) is 5.73 Å². The van der Waals surface area contributed by atoms with Gasteiger partial charge in [0.15, 0.2) is 0 Å². The smallest absolute Gasteiger partial charge is 0.130 e. The maximum atomic E-state index is 14.0. The molecule has 106 valence electrons. The highest BCUT2D eigenvalue weighted by Crippen LogP contribution is 2.30. The highest BCUT2D eigenvalue weighted by atomic mass is 19.1. The van der Waals surface area contributed by atoms with Gasteiger partial charge in [0.1, 0.15) is 5.82 Å². The Morgan fingerprint density at radius 2 is 2.21 bits per heavy atom. The zero-order valence-electron chi connectivity index (χ0n) is 12.1. The number of benzene rings is 1. The first-order valence-electron chi connectivity index (χ1n) is 6.96. The predicted octanol–water partition coefficient (Wildman–Crippen LogP) is 2.38. The molecule has 3 nitrogen and oxygen atoms in total. The molecule has 1 unspecified atom stereocenters. The van der Waals surface area contributed by atoms with Crippen LogP contribution in [0.3, 0.4) is 0 Å². The van der Waals surface area contributed by atoms with Gasteiger partial charge in [0.05, 0.1) is 0 Å². The molecule has 4 heteroatoms. The van der Waals surface area contributed by atoms with E-state index in [9.17, 15) is 4.39 Å². The van der Waals surface area contributed by atoms with Crippen molar-refractivity contribution in [1.29, 1.82) is 0 Å². The van der Waals surface area contributed by atoms with E-state index in [-0.39, 0.29) is 11.9 Å². The fraction of sp³-hybridized carbons (Fsp3) is 0.600. The predicted molar refractivity (Wildman–Crippen MR) is 77.9 cm³/mol. The van der Waals surface area contributed by atoms with Gasteiger partial charge in [-0.15, -0.1) is 0 Å². The van der Waals surface area contributed by atoms with E-state index in [0.29, 0.717) is 11.6 Å². The summed E-state index contributed by atoms with van der Waals surface area (Å²) in [5.41, 5.74) is 7.48. The number of likely N-dealkylation sites (N-methyl/N-ethyl adjacent to an activating group) is 2. The molecule has 1 heterocycles. The van der Waals surface area contributed by atoms with Crippen molar-refractivity contribution < 1.29 is 4.39 Å². The summed E-state index contributed by atoms with van der Waals surface area (Å²) >= 11 is 0. The SMILES string of the molecule is C[C@@H](N)c1c(F)cccc1N(C)C1CCCN(C)C1. The number of hydrogen-bond acceptors (Lipinski definition) is 3. The van der Waals surface area contributed by atoms with Gasteiger partial charge in [0.2, 0.25) is 0 Å². The number of halogens is 1. The van der Waals surface area contributed by atoms with Gasteiger partial charge < -0.3 is 15.5 Å². The van der Waals surface area contributed by atoms with Gasteiger partial charge in [0.25, 0.3) is 0 Å². The van der Waals surface area contributed by atoms with Gasteiger partial charge in [-0.25, -0.2) is 4.39 Å². The van der Waals surface area contributed by atoms with Gasteiger partial charge in [-0.1, -0.05) is 6.07 Å². The van der Waals surface area contributed by atoms with Crippen LogP contribution in [-0.2, 0) is 0 Å². The fourth-order valence-corrected chi connectivity index (χ4v) is 2.94. The Morgan fingerprint density at radius 3 is 2.84 bits per heavy atom. The van der Waals surface area contributed by atoms with Crippen LogP contribution in [0.1, 0.15) is 31.4 Å². The van der Waals surface area contributed by atoms with Gasteiger partial charge >= 0.3 is 0 Å². The molecule has 0 amide bonds. The maximum Gasteiger partial charge on any atom is 0.130 e. The van der Waals surface area contributed by atoms with Crippen LogP contribution in [0.15, 0.2) is 18.2 Å². The topological polar surface area (TPSA) is 32.5 Å². The van der Waals surface area contributed by atoms with Crippen LogP contribution in [0.4, 0.5) is 10.1 Å². The van der Waals surface area contributed by atoms with Crippen molar-refractivity contribution in [2.75, 3.05) is 32.1 Å². The van der Waals surface area contributed by atoms with Crippen molar-refractivity contribution >= 4 is 5.69 Å². The molecule has 0 aromatic heterocycles. The number of nitrogens with zero attached hydrogens (tertiary/aromatic N) is 2. The molecule has 2 atom stereocenters. The molecule has 0 spiro atoms. The van der Waals surface area contributed by atoms with Crippen molar-refractivity contribution in [3.05, 3.63) is 29.6 Å². The normalized spacial score (nSPS) is 22.3. The summed E-state index contributed by atoms with van der Waals surface area (Å²) in [5.74, 6) is -0.205. The van der Waals surface area contributed by atoms with Gasteiger partial charge in [-0.2, -0.15) is 0 Å². The van der Waals surface area contributed by atoms with Crippen molar-refractivity contribution in [2.45, 2.75) is 31.8 Å². The van der Waals surface area contributed by atoms with Gasteiger partial charge in [-0.3, -0.25) is 0 Å². The fourth-order valence-electron chi connectivity index (χ4n) is 2.94. The average molecular weight is 265 g/mol. The molecule has 1 aromatic rings. The number of nitrogens with two attached hydrogens (primary N) is 1. The number of likely N-dealkylation sites (tertiary alicyclic amines) is 1. The summed E-state index contributed by atoms with van der Waals surface area (Å²) in [5, 5.41) is 0. The quantitative estimate of drug-likeness (QED) is 0.910. The Bertz CT molecular complexity index is 433. The molecule has 1 aliphatic heterocycles. The van der Waals surface area contributed by atoms with Crippen LogP contribution in [0.25, 0.3) is 0 Å². The number of rotatable bonds is 3. The Kier molecular flexibility index (Phi) is 4.42. The van der Waals surface area contributed by atoms with E-state index in [1.807, 2.05) is 20.0 Å². The molecular formula is C15H24FN3. The number of hydrogen-bond donors (Lipinski definition) is 1. The zero-order valence-corrected chi connectivity index (χ0v) is 12.1. The lowest BCUT2D eigenvalue weighted by atomic mass is 10.0. The summed E-state index contributed by atoms with van der Waals surface area (Å²) in [6.07, 6.45) is 2.34. The minimum atomic E-state index is -0.292. The van der Waals surface area contributed by atoms with Crippen LogP contribution in [0, 0.1) is 5.82 Å². The molecule has 1 aromatic carbocycles. The third kappa shape index (κ3) is 3.07. The van der Waals surface area contributed by atoms with E-state index in [1.165, 1.54) is 12.5 Å². The van der Waals surface area contributed by atoms with Gasteiger partial charge in [0, 0.05) is 36.9 Å². The minimum absolute atomic E-state index is 0.205. The largest absolute Gasteiger partial charge is 0.370 e. The highest BCUT2D eigenvalue weighted by Gasteiger charge is 2.24. The van der Waals surface area contributed by atoms with Crippen LogP contribution in [0.5, 0.6) is 0 Å². The van der Waals surface area contributed by atoms with E-state index in [0.717, 1.165) is 25.2 Å². The summed E-state index contributed by atoms with van der Waals surface area (Å²) in [6.45, 7) is 4.00. The van der Waals surface area contributed by atoms with Crippen LogP contribution in [0.2, 0.25) is 0 Å². The molecule has 1 aliphatic rings. The molecule has 0 aliphatic carbocycles. The van der Waals surface area contributed by atoms with Crippen molar-refractivity contribution in [3.63, 3.8) is 0 Å². The van der Waals surface area contributed by atoms with Crippen molar-refractivity contribution in [3.8, 4) is 0 Å². The minimum Gasteiger partial charge on any atom is -0.370 e. The molecule has 2 N–H and O–H groups in total. The lowest BCUT2D eigenvalue weighted by Crippen LogP contribution is -2.45. The van der Waals surface area contributed by atoms with Gasteiger partial charge in [-0.05, 0) is 45.5 Å². The Labute approximate surface area is 115 Å². The Hall–Kier alpha value is -1.13. The summed E-state index contributed by atoms with van der Waals surface area (Å²) in [4.78, 5) is 4.52. The number of piperidine rings is 1. The van der Waals surface area contributed by atoms with E-state index < -0.39 is 0 Å². The number of anilines is 1. The van der Waals surface area contributed by atoms with Crippen LogP contribution in [-0.4, -0.2) is 38.1 Å². The first-order valence-corrected chi connectivity index (χ1v) is 6.96. The Morgan fingerprint density at radius 1 is 1.47 bits per heavy atom. The van der Waals surface area contributed by atoms with Crippen molar-refractivity contribution in [1.82, 2.24) is 4.90 Å². The molecule has 19 heavy (non-hydrogen) atoms. The average Bonchev–Trinajstić information content (AvgIpc) is 2.37. The maximum absolute atomic E-state index is 14.0. The second kappa shape index (κ2) is 5.88. The van der Waals surface area contributed by atoms with E-state index >= 15 is 0 Å². The lowest BCUT2D eigenvalue weighted by molar-refractivity contribution is 0.247. The second-order valence-electron chi connectivity index (χ2n) is 5.63. The monoisotopic (exact) mass is 265 g/mol. The first kappa shape index (κ1) is 14.3. The first-order chi connectivity index (χ1) is 9.00. The lowest BCUT2D eigenvalue weighted by Gasteiger charge is -2.38.